The molecule has 2 N–H and O–H groups in total. The number of para-hydroxylation sites is 2. The van der Waals surface area contributed by atoms with E-state index >= 15 is 0 Å². The van der Waals surface area contributed by atoms with Crippen molar-refractivity contribution in [2.45, 2.75) is 50.7 Å². The van der Waals surface area contributed by atoms with Crippen LogP contribution in [0.2, 0.25) is 0 Å². The van der Waals surface area contributed by atoms with Crippen molar-refractivity contribution in [2.24, 2.45) is 0 Å². The van der Waals surface area contributed by atoms with Gasteiger partial charge in [-0.1, -0.05) is 60.9 Å². The average molecular weight is 514 g/mol. The molecule has 0 saturated heterocycles. The average Bonchev–Trinajstić information content (AvgIpc) is 3.35. The van der Waals surface area contributed by atoms with Gasteiger partial charge in [0.25, 0.3) is 0 Å². The number of amides is 2. The Balaban J connectivity index is 1.56. The third-order valence-electron chi connectivity index (χ3n) is 6.99. The van der Waals surface area contributed by atoms with Crippen molar-refractivity contribution in [2.75, 3.05) is 12.0 Å². The number of phenols is 1. The molecule has 0 unspecified atom stereocenters. The number of ether oxygens (including phenoxy) is 1. The van der Waals surface area contributed by atoms with Gasteiger partial charge in [0.15, 0.2) is 11.5 Å². The first-order valence-electron chi connectivity index (χ1n) is 12.9. The second-order valence-corrected chi connectivity index (χ2v) is 9.51. The molecule has 1 aliphatic carbocycles. The van der Waals surface area contributed by atoms with Crippen LogP contribution in [0.5, 0.6) is 11.5 Å². The lowest BCUT2D eigenvalue weighted by Gasteiger charge is -2.33. The number of aromatic hydroxyl groups is 1. The van der Waals surface area contributed by atoms with Crippen LogP contribution in [0.1, 0.15) is 43.7 Å². The molecule has 196 valence electrons. The highest BCUT2D eigenvalue weighted by Crippen LogP contribution is 2.34. The third kappa shape index (κ3) is 5.32. The molecular formula is C29H31N5O4. The molecule has 3 aromatic carbocycles. The van der Waals surface area contributed by atoms with Gasteiger partial charge in [0.05, 0.1) is 12.6 Å². The summed E-state index contributed by atoms with van der Waals surface area (Å²) in [4.78, 5) is 29.5. The summed E-state index contributed by atoms with van der Waals surface area (Å²) in [7, 11) is 1.46. The number of nitrogens with one attached hydrogen (secondary N) is 1. The molecule has 0 radical (unpaired) electrons. The van der Waals surface area contributed by atoms with Crippen LogP contribution in [0.4, 0.5) is 5.69 Å². The maximum absolute atomic E-state index is 14.0. The van der Waals surface area contributed by atoms with E-state index in [9.17, 15) is 14.7 Å². The van der Waals surface area contributed by atoms with Gasteiger partial charge >= 0.3 is 0 Å². The second-order valence-electron chi connectivity index (χ2n) is 9.51. The highest BCUT2D eigenvalue weighted by molar-refractivity contribution is 6.01. The summed E-state index contributed by atoms with van der Waals surface area (Å²) in [6.07, 6.45) is 5.06. The fourth-order valence-electron chi connectivity index (χ4n) is 5.09. The van der Waals surface area contributed by atoms with E-state index in [1.165, 1.54) is 22.8 Å². The number of benzene rings is 3. The number of carbonyl (C=O) groups excluding carboxylic acids is 2. The summed E-state index contributed by atoms with van der Waals surface area (Å²) in [6.45, 7) is -0.120. The highest BCUT2D eigenvalue weighted by Gasteiger charge is 2.35. The summed E-state index contributed by atoms with van der Waals surface area (Å²) in [5.41, 5.74) is 2.43. The number of aromatic nitrogens is 3. The Kier molecular flexibility index (Phi) is 7.53. The lowest BCUT2D eigenvalue weighted by molar-refractivity contribution is -0.127. The number of nitrogens with zero attached hydrogens (tertiary/aromatic N) is 4. The quantitative estimate of drug-likeness (QED) is 0.362. The van der Waals surface area contributed by atoms with Crippen LogP contribution in [0.15, 0.2) is 72.8 Å². The van der Waals surface area contributed by atoms with E-state index in [0.717, 1.165) is 37.6 Å². The van der Waals surface area contributed by atoms with Crippen molar-refractivity contribution in [1.82, 2.24) is 20.3 Å². The summed E-state index contributed by atoms with van der Waals surface area (Å²) in [5.74, 6) is -0.469. The van der Waals surface area contributed by atoms with Crippen LogP contribution in [0.25, 0.3) is 11.0 Å². The number of fused-ring (bicyclic) bond motifs is 1. The molecule has 4 aromatic rings. The van der Waals surface area contributed by atoms with Gasteiger partial charge in [-0.3, -0.25) is 14.5 Å². The molecule has 0 aliphatic heterocycles. The lowest BCUT2D eigenvalue weighted by atomic mass is 9.94. The number of phenolic OH excluding ortho intramolecular Hbond substituents is 1. The van der Waals surface area contributed by atoms with Gasteiger partial charge in [-0.25, -0.2) is 4.68 Å². The Hall–Kier alpha value is -4.40. The smallest absolute Gasteiger partial charge is 0.249 e. The second kappa shape index (κ2) is 11.3. The van der Waals surface area contributed by atoms with Crippen LogP contribution in [0, 0.1) is 0 Å². The van der Waals surface area contributed by atoms with E-state index in [4.69, 9.17) is 4.74 Å². The van der Waals surface area contributed by atoms with E-state index < -0.39 is 6.04 Å². The molecule has 1 aliphatic rings. The van der Waals surface area contributed by atoms with Crippen LogP contribution < -0.4 is 15.0 Å². The number of hydrogen-bond acceptors (Lipinski definition) is 6. The fourth-order valence-corrected chi connectivity index (χ4v) is 5.09. The summed E-state index contributed by atoms with van der Waals surface area (Å²) in [6, 6.07) is 20.3. The molecule has 1 saturated carbocycles. The number of methoxy groups -OCH3 is 1. The van der Waals surface area contributed by atoms with Gasteiger partial charge < -0.3 is 15.2 Å². The van der Waals surface area contributed by atoms with E-state index in [1.807, 2.05) is 42.5 Å². The van der Waals surface area contributed by atoms with Crippen molar-refractivity contribution >= 4 is 28.5 Å². The van der Waals surface area contributed by atoms with Crippen molar-refractivity contribution in [3.05, 3.63) is 78.4 Å². The summed E-state index contributed by atoms with van der Waals surface area (Å²) < 4.78 is 6.75. The summed E-state index contributed by atoms with van der Waals surface area (Å²) >= 11 is 0. The van der Waals surface area contributed by atoms with Gasteiger partial charge in [0.1, 0.15) is 18.1 Å². The number of hydrogen-bond donors (Lipinski definition) is 2. The number of rotatable bonds is 8. The van der Waals surface area contributed by atoms with E-state index in [-0.39, 0.29) is 35.9 Å². The third-order valence-corrected chi connectivity index (χ3v) is 6.99. The zero-order valence-electron chi connectivity index (χ0n) is 21.3. The lowest BCUT2D eigenvalue weighted by Crippen LogP contribution is -2.48. The molecule has 5 rings (SSSR count). The molecule has 1 heterocycles. The van der Waals surface area contributed by atoms with Gasteiger partial charge in [0, 0.05) is 11.7 Å². The Morgan fingerprint density at radius 1 is 1.05 bits per heavy atom. The first-order chi connectivity index (χ1) is 18.5. The number of anilines is 1. The normalized spacial score (nSPS) is 14.7. The van der Waals surface area contributed by atoms with Crippen molar-refractivity contribution in [3.63, 3.8) is 0 Å². The zero-order valence-corrected chi connectivity index (χ0v) is 21.3. The molecule has 9 nitrogen and oxygen atoms in total. The topological polar surface area (TPSA) is 110 Å². The molecule has 0 bridgehead atoms. The monoisotopic (exact) mass is 513 g/mol. The van der Waals surface area contributed by atoms with Crippen molar-refractivity contribution in [1.29, 1.82) is 0 Å². The van der Waals surface area contributed by atoms with Crippen LogP contribution in [-0.4, -0.2) is 45.1 Å². The minimum absolute atomic E-state index is 0.0394. The Morgan fingerprint density at radius 3 is 2.53 bits per heavy atom. The van der Waals surface area contributed by atoms with Crippen molar-refractivity contribution < 1.29 is 19.4 Å². The van der Waals surface area contributed by atoms with Crippen LogP contribution >= 0.6 is 0 Å². The van der Waals surface area contributed by atoms with E-state index in [0.29, 0.717) is 16.8 Å². The molecule has 0 spiro atoms. The van der Waals surface area contributed by atoms with Gasteiger partial charge in [0.2, 0.25) is 11.8 Å². The fraction of sp³-hybridized carbons (Fsp3) is 0.310. The SMILES string of the molecule is COc1ccc([C@H](C(=O)NC2CCCCC2)N(C(=O)Cn2nnc3ccccc32)c2ccccc2)cc1O. The minimum atomic E-state index is -1.03. The van der Waals surface area contributed by atoms with Gasteiger partial charge in [-0.2, -0.15) is 0 Å². The zero-order chi connectivity index (χ0) is 26.5. The maximum Gasteiger partial charge on any atom is 0.249 e. The Labute approximate surface area is 221 Å². The van der Waals surface area contributed by atoms with E-state index in [2.05, 4.69) is 15.6 Å². The first-order valence-corrected chi connectivity index (χ1v) is 12.9. The molecule has 9 heteroatoms. The summed E-state index contributed by atoms with van der Waals surface area (Å²) in [5, 5.41) is 22.1. The maximum atomic E-state index is 14.0. The van der Waals surface area contributed by atoms with E-state index in [1.54, 1.807) is 24.3 Å². The molecule has 38 heavy (non-hydrogen) atoms. The molecule has 1 fully saturated rings. The minimum Gasteiger partial charge on any atom is -0.504 e. The molecule has 2 amide bonds. The Bertz CT molecular complexity index is 1420. The molecular weight excluding hydrogens is 482 g/mol. The van der Waals surface area contributed by atoms with Crippen molar-refractivity contribution in [3.8, 4) is 11.5 Å². The molecule has 1 aromatic heterocycles. The van der Waals surface area contributed by atoms with Crippen LogP contribution in [-0.2, 0) is 16.1 Å². The first kappa shape index (κ1) is 25.3. The van der Waals surface area contributed by atoms with Gasteiger partial charge in [-0.15, -0.1) is 5.10 Å². The van der Waals surface area contributed by atoms with Gasteiger partial charge in [-0.05, 0) is 54.8 Å². The standard InChI is InChI=1S/C29H31N5O4/c1-38-26-17-16-20(18-25(26)35)28(29(37)30-21-10-4-2-5-11-21)34(22-12-6-3-7-13-22)27(36)19-33-24-15-9-8-14-23(24)31-32-33/h3,6-9,12-18,21,28,35H,2,4-5,10-11,19H2,1H3,(H,30,37)/t28-/m1/s1. The molecule has 1 atom stereocenters. The van der Waals surface area contributed by atoms with Crippen LogP contribution in [0.3, 0.4) is 0 Å². The number of carbonyl (C=O) groups is 2. The predicted molar refractivity (Wildman–Crippen MR) is 144 cm³/mol. The highest BCUT2D eigenvalue weighted by atomic mass is 16.5. The Morgan fingerprint density at radius 2 is 1.79 bits per heavy atom. The largest absolute Gasteiger partial charge is 0.504 e. The predicted octanol–water partition coefficient (Wildman–Crippen LogP) is 4.37.